The van der Waals surface area contributed by atoms with Gasteiger partial charge >= 0.3 is 0 Å². The van der Waals surface area contributed by atoms with E-state index >= 15 is 0 Å². The van der Waals surface area contributed by atoms with E-state index in [2.05, 4.69) is 34.5 Å². The third-order valence-electron chi connectivity index (χ3n) is 5.42. The van der Waals surface area contributed by atoms with Gasteiger partial charge in [0.25, 0.3) is 11.8 Å². The summed E-state index contributed by atoms with van der Waals surface area (Å²) in [5.41, 5.74) is 2.00. The molecule has 4 heterocycles. The molecule has 1 aliphatic heterocycles. The first-order valence-electron chi connectivity index (χ1n) is 9.74. The molecule has 4 aromatic rings. The molecule has 0 saturated carbocycles. The minimum Gasteiger partial charge on any atom is -0.466 e. The maximum Gasteiger partial charge on any atom is 0.271 e. The molecule has 1 unspecified atom stereocenters. The minimum atomic E-state index is 0.502. The number of fused-ring (bicyclic) bond motifs is 1. The van der Waals surface area contributed by atoms with Crippen LogP contribution in [0.15, 0.2) is 39.2 Å². The maximum atomic E-state index is 5.94. The van der Waals surface area contributed by atoms with Crippen molar-refractivity contribution >= 4 is 21.6 Å². The summed E-state index contributed by atoms with van der Waals surface area (Å²) < 4.78 is 12.8. The quantitative estimate of drug-likeness (QED) is 0.573. The van der Waals surface area contributed by atoms with Crippen LogP contribution in [0.2, 0.25) is 0 Å². The van der Waals surface area contributed by atoms with Gasteiger partial charge in [0.1, 0.15) is 16.5 Å². The van der Waals surface area contributed by atoms with E-state index in [4.69, 9.17) is 13.8 Å². The Morgan fingerprint density at radius 1 is 1.18 bits per heavy atom. The van der Waals surface area contributed by atoms with Crippen LogP contribution < -0.4 is 4.90 Å². The number of aryl methyl sites for hydroxylation is 2. The Morgan fingerprint density at radius 3 is 2.89 bits per heavy atom. The van der Waals surface area contributed by atoms with Crippen molar-refractivity contribution in [3.63, 3.8) is 0 Å². The molecule has 1 aliphatic rings. The number of furan rings is 1. The van der Waals surface area contributed by atoms with Gasteiger partial charge in [-0.1, -0.05) is 12.1 Å². The molecule has 1 aromatic carbocycles. The molecule has 0 amide bonds. The van der Waals surface area contributed by atoms with Crippen LogP contribution in [0, 0.1) is 13.8 Å². The second-order valence-electron chi connectivity index (χ2n) is 7.57. The Labute approximate surface area is 167 Å². The smallest absolute Gasteiger partial charge is 0.271 e. The Bertz CT molecular complexity index is 1080. The van der Waals surface area contributed by atoms with Crippen LogP contribution in [-0.4, -0.2) is 28.3 Å². The van der Waals surface area contributed by atoms with E-state index in [9.17, 15) is 0 Å². The second kappa shape index (κ2) is 7.14. The first-order valence-corrected chi connectivity index (χ1v) is 10.6. The number of hydrogen-bond donors (Lipinski definition) is 1. The Hall–Kier alpha value is -2.51. The molecule has 2 atom stereocenters. The molecule has 0 aliphatic carbocycles. The van der Waals surface area contributed by atoms with Gasteiger partial charge in [-0.15, -0.1) is 21.5 Å². The van der Waals surface area contributed by atoms with E-state index in [1.165, 1.54) is 27.4 Å². The normalized spacial score (nSPS) is 20.1. The standard InChI is InChI=1S/C21H22N4O2S/c1-13-10-16(14(2)26-13)20-24-23-19(27-20)12-25-9-5-6-15(11-25)21-22-17-7-3-4-8-18(17)28-21/h3-4,7-8,10,15H,5-6,9,11-12H2,1-2H3/p+1/t15-/m0/s1. The fraction of sp³-hybridized carbons (Fsp3) is 0.381. The second-order valence-corrected chi connectivity index (χ2v) is 8.63. The van der Waals surface area contributed by atoms with Gasteiger partial charge < -0.3 is 13.7 Å². The van der Waals surface area contributed by atoms with Gasteiger partial charge in [-0.25, -0.2) is 4.98 Å². The predicted octanol–water partition coefficient (Wildman–Crippen LogP) is 3.52. The third kappa shape index (κ3) is 3.36. The SMILES string of the molecule is Cc1cc(-c2nnc(C[NH+]3CCC[C@H](c4nc5ccccc5s4)C3)o2)c(C)o1. The predicted molar refractivity (Wildman–Crippen MR) is 107 cm³/mol. The van der Waals surface area contributed by atoms with Crippen LogP contribution in [0.4, 0.5) is 0 Å². The molecule has 0 bridgehead atoms. The maximum absolute atomic E-state index is 5.94. The minimum absolute atomic E-state index is 0.502. The summed E-state index contributed by atoms with van der Waals surface area (Å²) >= 11 is 1.83. The number of nitrogens with zero attached hydrogens (tertiary/aromatic N) is 3. The summed E-state index contributed by atoms with van der Waals surface area (Å²) in [7, 11) is 0. The molecule has 6 nitrogen and oxygen atoms in total. The Balaban J connectivity index is 1.30. The van der Waals surface area contributed by atoms with Gasteiger partial charge in [0.15, 0.2) is 6.54 Å². The van der Waals surface area contributed by atoms with Crippen molar-refractivity contribution in [3.8, 4) is 11.5 Å². The summed E-state index contributed by atoms with van der Waals surface area (Å²) in [5, 5.41) is 9.77. The number of hydrogen-bond acceptors (Lipinski definition) is 6. The number of likely N-dealkylation sites (tertiary alicyclic amines) is 1. The molecule has 0 spiro atoms. The first kappa shape index (κ1) is 17.6. The Morgan fingerprint density at radius 2 is 2.07 bits per heavy atom. The lowest BCUT2D eigenvalue weighted by Crippen LogP contribution is -3.12. The zero-order chi connectivity index (χ0) is 19.1. The number of quaternary nitrogens is 1. The summed E-state index contributed by atoms with van der Waals surface area (Å²) in [5.74, 6) is 3.40. The van der Waals surface area contributed by atoms with Crippen LogP contribution in [-0.2, 0) is 6.54 Å². The van der Waals surface area contributed by atoms with E-state index in [-0.39, 0.29) is 0 Å². The van der Waals surface area contributed by atoms with Crippen LogP contribution >= 0.6 is 11.3 Å². The number of nitrogens with one attached hydrogen (secondary N) is 1. The molecule has 144 valence electrons. The van der Waals surface area contributed by atoms with E-state index in [1.807, 2.05) is 31.3 Å². The van der Waals surface area contributed by atoms with E-state index < -0.39 is 0 Å². The number of benzene rings is 1. The highest BCUT2D eigenvalue weighted by atomic mass is 32.1. The average molecular weight is 396 g/mol. The molecule has 1 saturated heterocycles. The molecular weight excluding hydrogens is 372 g/mol. The summed E-state index contributed by atoms with van der Waals surface area (Å²) in [4.78, 5) is 6.35. The van der Waals surface area contributed by atoms with Crippen molar-refractivity contribution in [2.24, 2.45) is 0 Å². The van der Waals surface area contributed by atoms with Gasteiger partial charge in [-0.05, 0) is 44.9 Å². The molecular formula is C21H23N4O2S+. The van der Waals surface area contributed by atoms with Gasteiger partial charge in [0.2, 0.25) is 0 Å². The summed E-state index contributed by atoms with van der Waals surface area (Å²) in [6.45, 7) is 6.78. The van der Waals surface area contributed by atoms with E-state index in [0.717, 1.165) is 42.2 Å². The van der Waals surface area contributed by atoms with Crippen LogP contribution in [0.3, 0.4) is 0 Å². The zero-order valence-corrected chi connectivity index (χ0v) is 16.9. The van der Waals surface area contributed by atoms with Crippen LogP contribution in [0.25, 0.3) is 21.7 Å². The highest BCUT2D eigenvalue weighted by molar-refractivity contribution is 7.18. The van der Waals surface area contributed by atoms with Crippen molar-refractivity contribution in [1.82, 2.24) is 15.2 Å². The highest BCUT2D eigenvalue weighted by Gasteiger charge is 2.28. The fourth-order valence-electron chi connectivity index (χ4n) is 4.08. The first-order chi connectivity index (χ1) is 13.7. The largest absolute Gasteiger partial charge is 0.466 e. The molecule has 7 heteroatoms. The lowest BCUT2D eigenvalue weighted by Gasteiger charge is -2.27. The van der Waals surface area contributed by atoms with Gasteiger partial charge in [-0.3, -0.25) is 0 Å². The van der Waals surface area contributed by atoms with Gasteiger partial charge in [0.05, 0.1) is 34.8 Å². The third-order valence-corrected chi connectivity index (χ3v) is 6.62. The molecule has 28 heavy (non-hydrogen) atoms. The zero-order valence-electron chi connectivity index (χ0n) is 16.1. The topological polar surface area (TPSA) is 69.4 Å². The number of piperidine rings is 1. The van der Waals surface area contributed by atoms with Gasteiger partial charge in [0, 0.05) is 0 Å². The lowest BCUT2D eigenvalue weighted by atomic mass is 9.99. The number of para-hydroxylation sites is 1. The van der Waals surface area contributed by atoms with E-state index in [1.54, 1.807) is 0 Å². The number of rotatable bonds is 4. The number of thiazole rings is 1. The highest BCUT2D eigenvalue weighted by Crippen LogP contribution is 2.30. The van der Waals surface area contributed by atoms with Gasteiger partial charge in [-0.2, -0.15) is 0 Å². The van der Waals surface area contributed by atoms with Crippen molar-refractivity contribution in [3.05, 3.63) is 52.8 Å². The Kier molecular flexibility index (Phi) is 4.49. The fourth-order valence-corrected chi connectivity index (χ4v) is 5.18. The average Bonchev–Trinajstić information content (AvgIpc) is 3.40. The summed E-state index contributed by atoms with van der Waals surface area (Å²) in [6.07, 6.45) is 2.39. The van der Waals surface area contributed by atoms with E-state index in [0.29, 0.717) is 17.7 Å². The van der Waals surface area contributed by atoms with Crippen molar-refractivity contribution in [2.45, 2.75) is 39.2 Å². The van der Waals surface area contributed by atoms with Crippen LogP contribution in [0.5, 0.6) is 0 Å². The van der Waals surface area contributed by atoms with Crippen molar-refractivity contribution < 1.29 is 13.7 Å². The molecule has 1 fully saturated rings. The molecule has 5 rings (SSSR count). The monoisotopic (exact) mass is 395 g/mol. The molecule has 1 N–H and O–H groups in total. The lowest BCUT2D eigenvalue weighted by molar-refractivity contribution is -0.921. The molecule has 3 aromatic heterocycles. The summed E-state index contributed by atoms with van der Waals surface area (Å²) in [6, 6.07) is 10.3. The van der Waals surface area contributed by atoms with Crippen LogP contribution in [0.1, 0.15) is 41.2 Å². The molecule has 0 radical (unpaired) electrons. The number of aromatic nitrogens is 3. The van der Waals surface area contributed by atoms with Crippen molar-refractivity contribution in [2.75, 3.05) is 13.1 Å². The van der Waals surface area contributed by atoms with Crippen molar-refractivity contribution in [1.29, 1.82) is 0 Å².